The number of hydrogen-bond acceptors (Lipinski definition) is 2. The van der Waals surface area contributed by atoms with E-state index in [1.54, 1.807) is 0 Å². The van der Waals surface area contributed by atoms with Gasteiger partial charge < -0.3 is 4.74 Å². The molecule has 0 heterocycles. The van der Waals surface area contributed by atoms with Gasteiger partial charge in [-0.1, -0.05) is 33.6 Å². The molecule has 0 bridgehead atoms. The molecule has 1 amide bonds. The van der Waals surface area contributed by atoms with E-state index in [0.717, 1.165) is 32.4 Å². The van der Waals surface area contributed by atoms with Crippen LogP contribution in [0.4, 0.5) is 10.5 Å². The molecule has 1 N–H and O–H groups in total. The molecule has 0 aromatic heterocycles. The molecule has 0 radical (unpaired) electrons. The van der Waals surface area contributed by atoms with Gasteiger partial charge in [0.25, 0.3) is 0 Å². The van der Waals surface area contributed by atoms with Gasteiger partial charge in [-0.05, 0) is 62.6 Å². The van der Waals surface area contributed by atoms with Crippen molar-refractivity contribution in [1.29, 1.82) is 0 Å². The summed E-state index contributed by atoms with van der Waals surface area (Å²) < 4.78 is 6.40. The highest BCUT2D eigenvalue weighted by Crippen LogP contribution is 2.27. The first kappa shape index (κ1) is 15.6. The van der Waals surface area contributed by atoms with Crippen LogP contribution in [0.15, 0.2) is 34.8 Å². The number of carbonyl (C=O) groups is 1. The van der Waals surface area contributed by atoms with E-state index in [0.29, 0.717) is 5.75 Å². The number of ether oxygens (including phenoxy) is 1. The molecule has 3 nitrogen and oxygen atoms in total. The van der Waals surface area contributed by atoms with Crippen molar-refractivity contribution in [1.82, 2.24) is 0 Å². The van der Waals surface area contributed by atoms with Crippen LogP contribution in [0.2, 0.25) is 0 Å². The summed E-state index contributed by atoms with van der Waals surface area (Å²) in [6, 6.07) is 9.64. The molecule has 0 aliphatic carbocycles. The predicted octanol–water partition coefficient (Wildman–Crippen LogP) is 5.29. The summed E-state index contributed by atoms with van der Waals surface area (Å²) in [7, 11) is 0. The van der Waals surface area contributed by atoms with Crippen molar-refractivity contribution in [3.8, 4) is 5.75 Å². The Hall–Kier alpha value is -1.81. The molecule has 4 heteroatoms. The van der Waals surface area contributed by atoms with Crippen molar-refractivity contribution in [3.63, 3.8) is 0 Å². The van der Waals surface area contributed by atoms with Crippen LogP contribution < -0.4 is 10.1 Å². The Labute approximate surface area is 133 Å². The lowest BCUT2D eigenvalue weighted by atomic mass is 10.1. The van der Waals surface area contributed by atoms with E-state index < -0.39 is 6.09 Å². The molecular formula is C17H18BrNO2. The van der Waals surface area contributed by atoms with E-state index in [4.69, 9.17) is 4.74 Å². The topological polar surface area (TPSA) is 38.3 Å². The number of benzene rings is 2. The molecule has 2 aromatic carbocycles. The van der Waals surface area contributed by atoms with Crippen molar-refractivity contribution in [3.05, 3.63) is 57.1 Å². The van der Waals surface area contributed by atoms with Gasteiger partial charge in [-0.25, -0.2) is 4.79 Å². The zero-order chi connectivity index (χ0) is 15.6. The first-order chi connectivity index (χ1) is 9.86. The van der Waals surface area contributed by atoms with Gasteiger partial charge in [0, 0.05) is 10.2 Å². The average Bonchev–Trinajstić information content (AvgIpc) is 2.39. The van der Waals surface area contributed by atoms with Crippen LogP contribution in [-0.4, -0.2) is 6.09 Å². The first-order valence-corrected chi connectivity index (χ1v) is 7.49. The number of anilines is 1. The molecule has 0 fully saturated rings. The summed E-state index contributed by atoms with van der Waals surface area (Å²) in [5.74, 6) is 0.568. The summed E-state index contributed by atoms with van der Waals surface area (Å²) in [6.07, 6.45) is -0.480. The smallest absolute Gasteiger partial charge is 0.410 e. The van der Waals surface area contributed by atoms with Gasteiger partial charge in [0.15, 0.2) is 0 Å². The molecule has 0 aliphatic heterocycles. The number of halogens is 1. The fraction of sp³-hybridized carbons (Fsp3) is 0.235. The zero-order valence-corrected chi connectivity index (χ0v) is 14.2. The number of rotatable bonds is 2. The van der Waals surface area contributed by atoms with Crippen molar-refractivity contribution >= 4 is 27.7 Å². The fourth-order valence-electron chi connectivity index (χ4n) is 2.05. The standard InChI is InChI=1S/C17H18BrNO2/c1-10-5-6-15(12(3)7-10)19-17(20)21-16-9-11(2)14(18)8-13(16)4/h5-9H,1-4H3,(H,19,20). The van der Waals surface area contributed by atoms with Crippen LogP contribution in [0.25, 0.3) is 0 Å². The Kier molecular flexibility index (Phi) is 4.68. The highest BCUT2D eigenvalue weighted by atomic mass is 79.9. The van der Waals surface area contributed by atoms with Gasteiger partial charge >= 0.3 is 6.09 Å². The summed E-state index contributed by atoms with van der Waals surface area (Å²) in [5.41, 5.74) is 4.86. The third kappa shape index (κ3) is 3.85. The molecule has 2 aromatic rings. The Morgan fingerprint density at radius 2 is 1.71 bits per heavy atom. The Balaban J connectivity index is 2.13. The van der Waals surface area contributed by atoms with Crippen molar-refractivity contribution in [2.24, 2.45) is 0 Å². The monoisotopic (exact) mass is 347 g/mol. The molecule has 0 spiro atoms. The quantitative estimate of drug-likeness (QED) is 0.800. The lowest BCUT2D eigenvalue weighted by Gasteiger charge is -2.12. The second-order valence-corrected chi connectivity index (χ2v) is 6.05. The van der Waals surface area contributed by atoms with Gasteiger partial charge in [0.05, 0.1) is 0 Å². The molecule has 0 unspecified atom stereocenters. The van der Waals surface area contributed by atoms with Gasteiger partial charge in [-0.15, -0.1) is 0 Å². The number of carbonyl (C=O) groups excluding carboxylic acids is 1. The largest absolute Gasteiger partial charge is 0.417 e. The average molecular weight is 348 g/mol. The highest BCUT2D eigenvalue weighted by molar-refractivity contribution is 9.10. The first-order valence-electron chi connectivity index (χ1n) is 6.69. The van der Waals surface area contributed by atoms with Gasteiger partial charge in [0.2, 0.25) is 0 Å². The number of nitrogens with one attached hydrogen (secondary N) is 1. The fourth-order valence-corrected chi connectivity index (χ4v) is 2.51. The molecule has 21 heavy (non-hydrogen) atoms. The maximum atomic E-state index is 12.0. The summed E-state index contributed by atoms with van der Waals surface area (Å²) in [4.78, 5) is 12.0. The minimum absolute atomic E-state index is 0.480. The van der Waals surface area contributed by atoms with E-state index in [9.17, 15) is 4.79 Å². The lowest BCUT2D eigenvalue weighted by molar-refractivity contribution is 0.215. The zero-order valence-electron chi connectivity index (χ0n) is 12.6. The van der Waals surface area contributed by atoms with Crippen LogP contribution in [0.3, 0.4) is 0 Å². The summed E-state index contributed by atoms with van der Waals surface area (Å²) in [5, 5.41) is 2.77. The second kappa shape index (κ2) is 6.31. The minimum Gasteiger partial charge on any atom is -0.410 e. The maximum absolute atomic E-state index is 12.0. The van der Waals surface area contributed by atoms with E-state index in [2.05, 4.69) is 21.2 Å². The van der Waals surface area contributed by atoms with Crippen LogP contribution in [0.5, 0.6) is 5.75 Å². The maximum Gasteiger partial charge on any atom is 0.417 e. The van der Waals surface area contributed by atoms with E-state index in [1.807, 2.05) is 58.0 Å². The van der Waals surface area contributed by atoms with Crippen molar-refractivity contribution in [2.45, 2.75) is 27.7 Å². The van der Waals surface area contributed by atoms with Crippen LogP contribution in [-0.2, 0) is 0 Å². The molecule has 0 atom stereocenters. The number of hydrogen-bond donors (Lipinski definition) is 1. The predicted molar refractivity (Wildman–Crippen MR) is 89.2 cm³/mol. The summed E-state index contributed by atoms with van der Waals surface area (Å²) in [6.45, 7) is 7.84. The lowest BCUT2D eigenvalue weighted by Crippen LogP contribution is -2.18. The van der Waals surface area contributed by atoms with Crippen LogP contribution in [0.1, 0.15) is 22.3 Å². The molecule has 2 rings (SSSR count). The molecule has 0 saturated heterocycles. The molecule has 110 valence electrons. The van der Waals surface area contributed by atoms with E-state index in [1.165, 1.54) is 0 Å². The molecule has 0 saturated carbocycles. The number of amides is 1. The Bertz CT molecular complexity index is 695. The Morgan fingerprint density at radius 3 is 2.38 bits per heavy atom. The van der Waals surface area contributed by atoms with E-state index in [-0.39, 0.29) is 0 Å². The SMILES string of the molecule is Cc1ccc(NC(=O)Oc2cc(C)c(Br)cc2C)c(C)c1. The third-order valence-corrected chi connectivity index (χ3v) is 4.13. The number of aryl methyl sites for hydroxylation is 4. The highest BCUT2D eigenvalue weighted by Gasteiger charge is 2.10. The van der Waals surface area contributed by atoms with Crippen molar-refractivity contribution < 1.29 is 9.53 Å². The summed E-state index contributed by atoms with van der Waals surface area (Å²) >= 11 is 3.46. The van der Waals surface area contributed by atoms with Gasteiger partial charge in [0.1, 0.15) is 5.75 Å². The second-order valence-electron chi connectivity index (χ2n) is 5.20. The normalized spacial score (nSPS) is 10.3. The van der Waals surface area contributed by atoms with Crippen LogP contribution in [0, 0.1) is 27.7 Å². The van der Waals surface area contributed by atoms with Crippen molar-refractivity contribution in [2.75, 3.05) is 5.32 Å². The van der Waals surface area contributed by atoms with Crippen LogP contribution >= 0.6 is 15.9 Å². The minimum atomic E-state index is -0.480. The molecule has 0 aliphatic rings. The van der Waals surface area contributed by atoms with E-state index >= 15 is 0 Å². The Morgan fingerprint density at radius 1 is 1.00 bits per heavy atom. The molecular weight excluding hydrogens is 330 g/mol. The van der Waals surface area contributed by atoms with Gasteiger partial charge in [-0.3, -0.25) is 5.32 Å². The van der Waals surface area contributed by atoms with Gasteiger partial charge in [-0.2, -0.15) is 0 Å². The third-order valence-electron chi connectivity index (χ3n) is 3.28.